The van der Waals surface area contributed by atoms with Gasteiger partial charge in [0, 0.05) is 18.5 Å². The van der Waals surface area contributed by atoms with E-state index in [0.717, 1.165) is 10.6 Å². The lowest BCUT2D eigenvalue weighted by Gasteiger charge is -2.13. The number of rotatable bonds is 3. The highest BCUT2D eigenvalue weighted by Gasteiger charge is 2.51. The number of carboxylic acids is 1. The first-order valence-electron chi connectivity index (χ1n) is 5.75. The van der Waals surface area contributed by atoms with Crippen LogP contribution in [0.5, 0.6) is 0 Å². The fraction of sp³-hybridized carbons (Fsp3) is 0.364. The summed E-state index contributed by atoms with van der Waals surface area (Å²) < 4.78 is 38.9. The maximum absolute atomic E-state index is 12.6. The van der Waals surface area contributed by atoms with E-state index in [-0.39, 0.29) is 11.3 Å². The molecule has 2 N–H and O–H groups in total. The van der Waals surface area contributed by atoms with Gasteiger partial charge in [-0.1, -0.05) is 0 Å². The Bertz CT molecular complexity index is 691. The van der Waals surface area contributed by atoms with Gasteiger partial charge in [0.1, 0.15) is 11.1 Å². The van der Waals surface area contributed by atoms with Crippen LogP contribution in [0, 0.1) is 0 Å². The zero-order valence-corrected chi connectivity index (χ0v) is 9.98. The van der Waals surface area contributed by atoms with Crippen molar-refractivity contribution in [3.8, 4) is 0 Å². The maximum atomic E-state index is 12.6. The molecule has 1 fully saturated rings. The number of carbonyl (C=O) groups is 1. The summed E-state index contributed by atoms with van der Waals surface area (Å²) in [5.74, 6) is -0.965. The summed E-state index contributed by atoms with van der Waals surface area (Å²) >= 11 is 0. The van der Waals surface area contributed by atoms with Gasteiger partial charge in [0.2, 0.25) is 0 Å². The number of anilines is 1. The zero-order chi connectivity index (χ0) is 14.5. The second kappa shape index (κ2) is 3.84. The van der Waals surface area contributed by atoms with Crippen molar-refractivity contribution in [3.05, 3.63) is 24.2 Å². The van der Waals surface area contributed by atoms with Crippen LogP contribution in [0.25, 0.3) is 5.52 Å². The molecule has 1 aliphatic carbocycles. The van der Waals surface area contributed by atoms with Crippen LogP contribution in [-0.4, -0.2) is 31.2 Å². The molecular formula is C11H9F3N4O2. The molecule has 0 atom stereocenters. The quantitative estimate of drug-likeness (QED) is 0.899. The minimum Gasteiger partial charge on any atom is -0.480 e. The number of carboxylic acid groups (broad SMARTS) is 1. The van der Waals surface area contributed by atoms with Crippen LogP contribution in [0.2, 0.25) is 0 Å². The molecule has 0 unspecified atom stereocenters. The molecule has 6 nitrogen and oxygen atoms in total. The van der Waals surface area contributed by atoms with Crippen LogP contribution < -0.4 is 5.32 Å². The number of fused-ring (bicyclic) bond motifs is 1. The lowest BCUT2D eigenvalue weighted by Crippen LogP contribution is -2.31. The lowest BCUT2D eigenvalue weighted by atomic mass is 10.2. The normalized spacial score (nSPS) is 17.1. The third-order valence-corrected chi connectivity index (χ3v) is 3.20. The molecule has 0 aromatic carbocycles. The van der Waals surface area contributed by atoms with E-state index in [1.807, 2.05) is 0 Å². The Morgan fingerprint density at radius 3 is 2.70 bits per heavy atom. The van der Waals surface area contributed by atoms with Crippen molar-refractivity contribution in [1.29, 1.82) is 0 Å². The van der Waals surface area contributed by atoms with Crippen molar-refractivity contribution >= 4 is 17.3 Å². The molecule has 0 amide bonds. The Morgan fingerprint density at radius 2 is 2.15 bits per heavy atom. The summed E-state index contributed by atoms with van der Waals surface area (Å²) in [6.07, 6.45) is -1.21. The largest absolute Gasteiger partial charge is 0.480 e. The molecule has 2 aromatic heterocycles. The standard InChI is InChI=1S/C11H9F3N4O2/c12-11(13,14)7-5-6-8(15-3-4-18(6)17-7)16-10(1-2-10)9(19)20/h3-5H,1-2H2,(H,15,16)(H,19,20). The summed E-state index contributed by atoms with van der Waals surface area (Å²) in [5, 5.41) is 15.2. The first kappa shape index (κ1) is 12.7. The maximum Gasteiger partial charge on any atom is 0.435 e. The molecule has 0 bridgehead atoms. The van der Waals surface area contributed by atoms with Crippen molar-refractivity contribution in [2.24, 2.45) is 0 Å². The smallest absolute Gasteiger partial charge is 0.435 e. The van der Waals surface area contributed by atoms with Crippen molar-refractivity contribution in [2.45, 2.75) is 24.6 Å². The van der Waals surface area contributed by atoms with Crippen LogP contribution in [0.4, 0.5) is 19.0 Å². The minimum atomic E-state index is -4.56. The highest BCUT2D eigenvalue weighted by Crippen LogP contribution is 2.40. The van der Waals surface area contributed by atoms with Gasteiger partial charge in [-0.05, 0) is 12.8 Å². The number of aromatic nitrogens is 3. The molecule has 0 aliphatic heterocycles. The van der Waals surface area contributed by atoms with Gasteiger partial charge >= 0.3 is 12.1 Å². The van der Waals surface area contributed by atoms with E-state index in [4.69, 9.17) is 5.11 Å². The highest BCUT2D eigenvalue weighted by molar-refractivity contribution is 5.87. The number of nitrogens with zero attached hydrogens (tertiary/aromatic N) is 3. The molecule has 0 saturated heterocycles. The van der Waals surface area contributed by atoms with Gasteiger partial charge in [-0.15, -0.1) is 0 Å². The van der Waals surface area contributed by atoms with Gasteiger partial charge in [0.15, 0.2) is 11.5 Å². The molecule has 106 valence electrons. The van der Waals surface area contributed by atoms with Gasteiger partial charge in [-0.3, -0.25) is 0 Å². The van der Waals surface area contributed by atoms with Crippen LogP contribution in [0.1, 0.15) is 18.5 Å². The molecule has 0 radical (unpaired) electrons. The second-order valence-corrected chi connectivity index (χ2v) is 4.65. The van der Waals surface area contributed by atoms with E-state index < -0.39 is 23.4 Å². The summed E-state index contributed by atoms with van der Waals surface area (Å²) in [5.41, 5.74) is -2.08. The molecule has 9 heteroatoms. The summed E-state index contributed by atoms with van der Waals surface area (Å²) in [6.45, 7) is 0. The molecule has 0 spiro atoms. The average Bonchev–Trinajstić information content (AvgIpc) is 2.99. The predicted octanol–water partition coefficient (Wildman–Crippen LogP) is 1.78. The fourth-order valence-electron chi connectivity index (χ4n) is 1.90. The minimum absolute atomic E-state index is 0.0791. The molecule has 3 rings (SSSR count). The summed E-state index contributed by atoms with van der Waals surface area (Å²) in [6, 6.07) is 0.841. The van der Waals surface area contributed by atoms with Crippen LogP contribution in [0.3, 0.4) is 0 Å². The van der Waals surface area contributed by atoms with Crippen LogP contribution >= 0.6 is 0 Å². The van der Waals surface area contributed by atoms with Gasteiger partial charge < -0.3 is 10.4 Å². The van der Waals surface area contributed by atoms with Gasteiger partial charge in [-0.2, -0.15) is 18.3 Å². The van der Waals surface area contributed by atoms with E-state index in [1.54, 1.807) is 0 Å². The average molecular weight is 286 g/mol. The van der Waals surface area contributed by atoms with E-state index in [1.165, 1.54) is 12.4 Å². The van der Waals surface area contributed by atoms with Gasteiger partial charge in [-0.25, -0.2) is 14.3 Å². The van der Waals surface area contributed by atoms with E-state index in [2.05, 4.69) is 15.4 Å². The number of hydrogen-bond donors (Lipinski definition) is 2. The molecular weight excluding hydrogens is 277 g/mol. The summed E-state index contributed by atoms with van der Waals surface area (Å²) in [4.78, 5) is 15.0. The van der Waals surface area contributed by atoms with Crippen LogP contribution in [-0.2, 0) is 11.0 Å². The van der Waals surface area contributed by atoms with Gasteiger partial charge in [0.25, 0.3) is 0 Å². The van der Waals surface area contributed by atoms with Crippen molar-refractivity contribution < 1.29 is 23.1 Å². The van der Waals surface area contributed by atoms with E-state index in [0.29, 0.717) is 12.8 Å². The Balaban J connectivity index is 2.04. The van der Waals surface area contributed by atoms with E-state index >= 15 is 0 Å². The number of alkyl halides is 3. The molecule has 2 heterocycles. The summed E-state index contributed by atoms with van der Waals surface area (Å²) in [7, 11) is 0. The Hall–Kier alpha value is -2.32. The SMILES string of the molecule is O=C(O)C1(Nc2nccn3nc(C(F)(F)F)cc23)CC1. The molecule has 2 aromatic rings. The highest BCUT2D eigenvalue weighted by atomic mass is 19.4. The Labute approximate surface area is 110 Å². The zero-order valence-electron chi connectivity index (χ0n) is 9.98. The second-order valence-electron chi connectivity index (χ2n) is 4.65. The molecule has 20 heavy (non-hydrogen) atoms. The topological polar surface area (TPSA) is 79.5 Å². The fourth-order valence-corrected chi connectivity index (χ4v) is 1.90. The lowest BCUT2D eigenvalue weighted by molar-refractivity contribution is -0.141. The number of nitrogens with one attached hydrogen (secondary N) is 1. The third-order valence-electron chi connectivity index (χ3n) is 3.20. The molecule has 1 saturated carbocycles. The van der Waals surface area contributed by atoms with Crippen LogP contribution in [0.15, 0.2) is 18.5 Å². The predicted molar refractivity (Wildman–Crippen MR) is 61.2 cm³/mol. The Morgan fingerprint density at radius 1 is 1.45 bits per heavy atom. The monoisotopic (exact) mass is 286 g/mol. The molecule has 1 aliphatic rings. The number of aliphatic carboxylic acids is 1. The van der Waals surface area contributed by atoms with E-state index in [9.17, 15) is 18.0 Å². The third kappa shape index (κ3) is 1.95. The van der Waals surface area contributed by atoms with Crippen molar-refractivity contribution in [3.63, 3.8) is 0 Å². The Kier molecular flexibility index (Phi) is 2.44. The van der Waals surface area contributed by atoms with Crippen molar-refractivity contribution in [1.82, 2.24) is 14.6 Å². The van der Waals surface area contributed by atoms with Gasteiger partial charge in [0.05, 0.1) is 0 Å². The first-order valence-corrected chi connectivity index (χ1v) is 5.75. The first-order chi connectivity index (χ1) is 9.32. The number of hydrogen-bond acceptors (Lipinski definition) is 4. The number of halogens is 3. The van der Waals surface area contributed by atoms with Crippen molar-refractivity contribution in [2.75, 3.05) is 5.32 Å².